The Labute approximate surface area is 221 Å². The average Bonchev–Trinajstić information content (AvgIpc) is 3.52. The van der Waals surface area contributed by atoms with Crippen molar-refractivity contribution in [1.29, 1.82) is 0 Å². The second-order valence-corrected chi connectivity index (χ2v) is 10.1. The number of hydrogen-bond acceptors (Lipinski definition) is 8. The fourth-order valence-corrected chi connectivity index (χ4v) is 5.95. The molecular formula is C27H25FN4O5S. The molecule has 0 bridgehead atoms. The van der Waals surface area contributed by atoms with Crippen LogP contribution in [0.25, 0.3) is 6.08 Å². The largest absolute Gasteiger partial charge is 0.463 e. The Kier molecular flexibility index (Phi) is 6.94. The molecule has 0 saturated carbocycles. The molecule has 38 heavy (non-hydrogen) atoms. The summed E-state index contributed by atoms with van der Waals surface area (Å²) in [5.74, 6) is -1.05. The number of rotatable bonds is 6. The van der Waals surface area contributed by atoms with Crippen LogP contribution in [0.2, 0.25) is 0 Å². The molecule has 0 amide bonds. The van der Waals surface area contributed by atoms with E-state index in [0.717, 1.165) is 43.0 Å². The summed E-state index contributed by atoms with van der Waals surface area (Å²) < 4.78 is 20.7. The van der Waals surface area contributed by atoms with Crippen molar-refractivity contribution in [2.45, 2.75) is 32.7 Å². The number of halogens is 1. The van der Waals surface area contributed by atoms with Gasteiger partial charge in [0.15, 0.2) is 4.80 Å². The first kappa shape index (κ1) is 25.5. The van der Waals surface area contributed by atoms with Crippen molar-refractivity contribution in [3.05, 3.63) is 100 Å². The number of nitrogens with zero attached hydrogens (tertiary/aromatic N) is 4. The van der Waals surface area contributed by atoms with Crippen molar-refractivity contribution in [2.24, 2.45) is 4.99 Å². The average molecular weight is 537 g/mol. The van der Waals surface area contributed by atoms with E-state index in [2.05, 4.69) is 9.89 Å². The number of nitro benzene ring substituents is 1. The van der Waals surface area contributed by atoms with Gasteiger partial charge in [-0.25, -0.2) is 14.2 Å². The fraction of sp³-hybridized carbons (Fsp3) is 0.296. The Morgan fingerprint density at radius 3 is 2.61 bits per heavy atom. The van der Waals surface area contributed by atoms with E-state index in [-0.39, 0.29) is 17.9 Å². The molecule has 0 unspecified atom stereocenters. The minimum absolute atomic E-state index is 0.0726. The lowest BCUT2D eigenvalue weighted by Crippen LogP contribution is -2.40. The summed E-state index contributed by atoms with van der Waals surface area (Å²) in [5.41, 5.74) is 2.03. The number of esters is 1. The van der Waals surface area contributed by atoms with E-state index in [0.29, 0.717) is 26.2 Å². The minimum atomic E-state index is -0.865. The highest BCUT2D eigenvalue weighted by atomic mass is 32.1. The summed E-state index contributed by atoms with van der Waals surface area (Å²) in [4.78, 5) is 44.9. The first-order valence-corrected chi connectivity index (χ1v) is 13.1. The van der Waals surface area contributed by atoms with Crippen LogP contribution >= 0.6 is 11.3 Å². The normalized spacial score (nSPS) is 17.4. The maximum absolute atomic E-state index is 13.8. The molecule has 1 fully saturated rings. The van der Waals surface area contributed by atoms with Gasteiger partial charge in [0.2, 0.25) is 0 Å². The van der Waals surface area contributed by atoms with Crippen LogP contribution in [0.5, 0.6) is 0 Å². The second-order valence-electron chi connectivity index (χ2n) is 9.05. The van der Waals surface area contributed by atoms with Crippen LogP contribution in [0.15, 0.2) is 63.5 Å². The van der Waals surface area contributed by atoms with Gasteiger partial charge in [-0.15, -0.1) is 0 Å². The summed E-state index contributed by atoms with van der Waals surface area (Å²) in [7, 11) is 0. The molecule has 9 nitrogen and oxygen atoms in total. The molecule has 3 aromatic rings. The monoisotopic (exact) mass is 536 g/mol. The third-order valence-corrected chi connectivity index (χ3v) is 7.64. The van der Waals surface area contributed by atoms with E-state index >= 15 is 0 Å². The number of allylic oxidation sites excluding steroid dienone is 1. The molecule has 2 aliphatic heterocycles. The van der Waals surface area contributed by atoms with Gasteiger partial charge in [0.25, 0.3) is 11.2 Å². The zero-order valence-corrected chi connectivity index (χ0v) is 21.7. The highest BCUT2D eigenvalue weighted by molar-refractivity contribution is 7.07. The third-order valence-electron chi connectivity index (χ3n) is 6.66. The molecule has 1 aromatic heterocycles. The minimum Gasteiger partial charge on any atom is -0.463 e. The zero-order chi connectivity index (χ0) is 27.0. The number of non-ortho nitro benzene ring substituents is 1. The summed E-state index contributed by atoms with van der Waals surface area (Å²) >= 11 is 1.13. The van der Waals surface area contributed by atoms with E-state index < -0.39 is 28.3 Å². The first-order valence-electron chi connectivity index (χ1n) is 12.3. The molecule has 2 aromatic carbocycles. The summed E-state index contributed by atoms with van der Waals surface area (Å²) in [6.07, 6.45) is 3.69. The Morgan fingerprint density at radius 2 is 1.95 bits per heavy atom. The van der Waals surface area contributed by atoms with Crippen molar-refractivity contribution in [2.75, 3.05) is 24.6 Å². The number of nitro groups is 1. The van der Waals surface area contributed by atoms with Gasteiger partial charge in [-0.05, 0) is 56.5 Å². The van der Waals surface area contributed by atoms with Gasteiger partial charge in [-0.3, -0.25) is 19.5 Å². The summed E-state index contributed by atoms with van der Waals surface area (Å²) in [6, 6.07) is 9.40. The van der Waals surface area contributed by atoms with Crippen LogP contribution in [0, 0.1) is 15.9 Å². The van der Waals surface area contributed by atoms with Crippen LogP contribution in [0.1, 0.15) is 43.9 Å². The van der Waals surface area contributed by atoms with Crippen molar-refractivity contribution in [3.63, 3.8) is 0 Å². The standard InChI is InChI=1S/C27H25FN4O5S/c1-3-37-26(34)23-16(2)29-27-31(24(23)17-6-8-19(28)9-7-17)25(33)22(38-27)15-18-14-20(32(35)36)10-11-21(18)30-12-4-5-13-30/h6-11,14-15,24H,3-5,12-13H2,1-2H3/t24-/m0/s1. The Bertz CT molecular complexity index is 1630. The molecular weight excluding hydrogens is 511 g/mol. The molecule has 0 aliphatic carbocycles. The Balaban J connectivity index is 1.72. The molecule has 0 spiro atoms. The van der Waals surface area contributed by atoms with Crippen LogP contribution in [-0.2, 0) is 9.53 Å². The van der Waals surface area contributed by atoms with Gasteiger partial charge in [-0.1, -0.05) is 23.5 Å². The number of anilines is 1. The highest BCUT2D eigenvalue weighted by Crippen LogP contribution is 2.31. The molecule has 196 valence electrons. The lowest BCUT2D eigenvalue weighted by atomic mass is 9.96. The van der Waals surface area contributed by atoms with E-state index in [1.807, 2.05) is 0 Å². The van der Waals surface area contributed by atoms with Crippen LogP contribution in [0.3, 0.4) is 0 Å². The van der Waals surface area contributed by atoms with E-state index in [4.69, 9.17) is 4.74 Å². The van der Waals surface area contributed by atoms with E-state index in [9.17, 15) is 24.1 Å². The number of thiazole rings is 1. The Morgan fingerprint density at radius 1 is 1.24 bits per heavy atom. The van der Waals surface area contributed by atoms with E-state index in [1.165, 1.54) is 41.0 Å². The number of ether oxygens (including phenoxy) is 1. The predicted octanol–water partition coefficient (Wildman–Crippen LogP) is 3.45. The quantitative estimate of drug-likeness (QED) is 0.271. The van der Waals surface area contributed by atoms with E-state index in [1.54, 1.807) is 26.0 Å². The number of carbonyl (C=O) groups is 1. The maximum atomic E-state index is 13.8. The lowest BCUT2D eigenvalue weighted by Gasteiger charge is -2.24. The van der Waals surface area contributed by atoms with Gasteiger partial charge in [0.1, 0.15) is 5.82 Å². The molecule has 1 saturated heterocycles. The summed E-state index contributed by atoms with van der Waals surface area (Å²) in [5, 5.41) is 11.5. The molecule has 2 aliphatic rings. The maximum Gasteiger partial charge on any atom is 0.338 e. The molecule has 1 atom stereocenters. The molecule has 5 rings (SSSR count). The van der Waals surface area contributed by atoms with Gasteiger partial charge in [-0.2, -0.15) is 0 Å². The first-order chi connectivity index (χ1) is 18.3. The van der Waals surface area contributed by atoms with Crippen molar-refractivity contribution in [3.8, 4) is 0 Å². The second kappa shape index (κ2) is 10.3. The Hall–Kier alpha value is -4.12. The number of fused-ring (bicyclic) bond motifs is 1. The predicted molar refractivity (Wildman–Crippen MR) is 141 cm³/mol. The van der Waals surface area contributed by atoms with Crippen molar-refractivity contribution < 1.29 is 18.8 Å². The highest BCUT2D eigenvalue weighted by Gasteiger charge is 2.33. The molecule has 0 radical (unpaired) electrons. The van der Waals surface area contributed by atoms with Crippen LogP contribution in [0.4, 0.5) is 15.8 Å². The van der Waals surface area contributed by atoms with Crippen molar-refractivity contribution >= 4 is 34.8 Å². The van der Waals surface area contributed by atoms with Gasteiger partial charge >= 0.3 is 5.97 Å². The number of aromatic nitrogens is 1. The SMILES string of the molecule is CCOC(=O)C1=C(C)N=c2sc(=Cc3cc([N+](=O)[O-])ccc3N3CCCC3)c(=O)n2[C@H]1c1ccc(F)cc1. The van der Waals surface area contributed by atoms with Crippen LogP contribution in [-0.4, -0.2) is 35.2 Å². The smallest absolute Gasteiger partial charge is 0.338 e. The molecule has 0 N–H and O–H groups in total. The van der Waals surface area contributed by atoms with Gasteiger partial charge < -0.3 is 9.64 Å². The number of carbonyl (C=O) groups excluding carboxylic acids is 1. The topological polar surface area (TPSA) is 107 Å². The van der Waals surface area contributed by atoms with Crippen molar-refractivity contribution in [1.82, 2.24) is 4.57 Å². The summed E-state index contributed by atoms with van der Waals surface area (Å²) in [6.45, 7) is 5.15. The lowest BCUT2D eigenvalue weighted by molar-refractivity contribution is -0.384. The number of hydrogen-bond donors (Lipinski definition) is 0. The number of benzene rings is 2. The molecule has 3 heterocycles. The fourth-order valence-electron chi connectivity index (χ4n) is 4.91. The third kappa shape index (κ3) is 4.65. The zero-order valence-electron chi connectivity index (χ0n) is 20.8. The van der Waals surface area contributed by atoms with Gasteiger partial charge in [0.05, 0.1) is 33.4 Å². The van der Waals surface area contributed by atoms with Crippen LogP contribution < -0.4 is 19.8 Å². The van der Waals surface area contributed by atoms with Gasteiger partial charge in [0, 0.05) is 36.5 Å². The molecule has 11 heteroatoms.